The minimum Gasteiger partial charge on any atom is -0.466 e. The molecule has 2 aliphatic carbocycles. The van der Waals surface area contributed by atoms with Crippen molar-refractivity contribution in [2.45, 2.75) is 43.4 Å². The van der Waals surface area contributed by atoms with E-state index < -0.39 is 0 Å². The SMILES string of the molecule is CCOC(=O)CC1(Br)CC2CCC1C2. The Morgan fingerprint density at radius 3 is 2.86 bits per heavy atom. The lowest BCUT2D eigenvalue weighted by Crippen LogP contribution is -2.31. The number of carbonyl (C=O) groups excluding carboxylic acids is 1. The summed E-state index contributed by atoms with van der Waals surface area (Å²) in [5.74, 6) is 1.52. The standard InChI is InChI=1S/C11H17BrO2/c1-2-14-10(13)7-11(12)6-8-3-4-9(11)5-8/h8-9H,2-7H2,1H3. The number of esters is 1. The van der Waals surface area contributed by atoms with E-state index in [1.165, 1.54) is 19.3 Å². The Hall–Kier alpha value is -0.0500. The van der Waals surface area contributed by atoms with Crippen molar-refractivity contribution in [1.82, 2.24) is 0 Å². The van der Waals surface area contributed by atoms with Crippen LogP contribution in [-0.2, 0) is 9.53 Å². The number of carbonyl (C=O) groups is 1. The normalized spacial score (nSPS) is 40.1. The van der Waals surface area contributed by atoms with Crippen LogP contribution < -0.4 is 0 Å². The summed E-state index contributed by atoms with van der Waals surface area (Å²) in [6.07, 6.45) is 5.68. The third kappa shape index (κ3) is 1.83. The third-order valence-corrected chi connectivity index (χ3v) is 4.90. The zero-order valence-corrected chi connectivity index (χ0v) is 10.2. The van der Waals surface area contributed by atoms with Gasteiger partial charge in [0, 0.05) is 4.32 Å². The van der Waals surface area contributed by atoms with Gasteiger partial charge >= 0.3 is 5.97 Å². The molecule has 0 aromatic carbocycles. The number of halogens is 1. The molecule has 2 fully saturated rings. The first kappa shape index (κ1) is 10.5. The van der Waals surface area contributed by atoms with E-state index in [0.717, 1.165) is 12.3 Å². The summed E-state index contributed by atoms with van der Waals surface area (Å²) in [6.45, 7) is 2.36. The molecule has 0 aromatic rings. The lowest BCUT2D eigenvalue weighted by Gasteiger charge is -2.30. The summed E-state index contributed by atoms with van der Waals surface area (Å²) in [5.41, 5.74) is 0. The van der Waals surface area contributed by atoms with Gasteiger partial charge < -0.3 is 4.74 Å². The molecule has 2 nitrogen and oxygen atoms in total. The van der Waals surface area contributed by atoms with Crippen LogP contribution in [0.1, 0.15) is 39.0 Å². The van der Waals surface area contributed by atoms with Crippen molar-refractivity contribution in [3.8, 4) is 0 Å². The van der Waals surface area contributed by atoms with Gasteiger partial charge in [0.15, 0.2) is 0 Å². The number of fused-ring (bicyclic) bond motifs is 2. The van der Waals surface area contributed by atoms with Gasteiger partial charge in [-0.1, -0.05) is 22.4 Å². The van der Waals surface area contributed by atoms with Crippen LogP contribution in [0.25, 0.3) is 0 Å². The van der Waals surface area contributed by atoms with Gasteiger partial charge in [0.2, 0.25) is 0 Å². The fourth-order valence-corrected chi connectivity index (χ4v) is 4.15. The smallest absolute Gasteiger partial charge is 0.307 e. The van der Waals surface area contributed by atoms with E-state index in [1.54, 1.807) is 0 Å². The number of hydrogen-bond acceptors (Lipinski definition) is 2. The highest BCUT2D eigenvalue weighted by Gasteiger charge is 2.50. The second-order valence-electron chi connectivity index (χ2n) is 4.60. The minimum atomic E-state index is -0.0445. The third-order valence-electron chi connectivity index (χ3n) is 3.64. The van der Waals surface area contributed by atoms with Gasteiger partial charge in [0.1, 0.15) is 0 Å². The fourth-order valence-electron chi connectivity index (χ4n) is 3.05. The number of hydrogen-bond donors (Lipinski definition) is 0. The molecule has 0 N–H and O–H groups in total. The van der Waals surface area contributed by atoms with Gasteiger partial charge in [-0.2, -0.15) is 0 Å². The maximum Gasteiger partial charge on any atom is 0.307 e. The Kier molecular flexibility index (Phi) is 2.87. The summed E-state index contributed by atoms with van der Waals surface area (Å²) in [6, 6.07) is 0. The molecule has 3 atom stereocenters. The highest BCUT2D eigenvalue weighted by molar-refractivity contribution is 9.10. The van der Waals surface area contributed by atoms with Crippen LogP contribution in [-0.4, -0.2) is 16.9 Å². The summed E-state index contributed by atoms with van der Waals surface area (Å²) < 4.78 is 5.08. The maximum absolute atomic E-state index is 11.4. The quantitative estimate of drug-likeness (QED) is 0.576. The molecule has 14 heavy (non-hydrogen) atoms. The molecule has 0 aliphatic heterocycles. The average Bonchev–Trinajstić information content (AvgIpc) is 2.62. The van der Waals surface area contributed by atoms with Crippen LogP contribution >= 0.6 is 15.9 Å². The monoisotopic (exact) mass is 260 g/mol. The molecule has 0 aromatic heterocycles. The molecular formula is C11H17BrO2. The Labute approximate surface area is 93.5 Å². The van der Waals surface area contributed by atoms with Crippen LogP contribution in [0.5, 0.6) is 0 Å². The Morgan fingerprint density at radius 1 is 1.57 bits per heavy atom. The molecule has 3 heteroatoms. The Bertz CT molecular complexity index is 241. The van der Waals surface area contributed by atoms with E-state index in [9.17, 15) is 4.79 Å². The van der Waals surface area contributed by atoms with Crippen LogP contribution in [0.15, 0.2) is 0 Å². The summed E-state index contributed by atoms with van der Waals surface area (Å²) in [7, 11) is 0. The highest BCUT2D eigenvalue weighted by Crippen LogP contribution is 2.56. The summed E-state index contributed by atoms with van der Waals surface area (Å²) >= 11 is 3.77. The average molecular weight is 261 g/mol. The largest absolute Gasteiger partial charge is 0.466 e. The fraction of sp³-hybridized carbons (Fsp3) is 0.909. The maximum atomic E-state index is 11.4. The van der Waals surface area contributed by atoms with Gasteiger partial charge in [0.25, 0.3) is 0 Å². The topological polar surface area (TPSA) is 26.3 Å². The van der Waals surface area contributed by atoms with Crippen LogP contribution in [0, 0.1) is 11.8 Å². The number of rotatable bonds is 3. The van der Waals surface area contributed by atoms with Crippen LogP contribution in [0.4, 0.5) is 0 Å². The van der Waals surface area contributed by atoms with Crippen molar-refractivity contribution in [2.24, 2.45) is 11.8 Å². The molecule has 0 amide bonds. The van der Waals surface area contributed by atoms with Gasteiger partial charge in [-0.05, 0) is 38.0 Å². The predicted molar refractivity (Wildman–Crippen MR) is 58.4 cm³/mol. The van der Waals surface area contributed by atoms with Crippen LogP contribution in [0.2, 0.25) is 0 Å². The molecule has 0 heterocycles. The zero-order valence-electron chi connectivity index (χ0n) is 8.59. The van der Waals surface area contributed by atoms with Gasteiger partial charge in [-0.15, -0.1) is 0 Å². The second kappa shape index (κ2) is 3.84. The molecule has 3 unspecified atom stereocenters. The van der Waals surface area contributed by atoms with E-state index in [4.69, 9.17) is 4.74 Å². The molecule has 0 saturated heterocycles. The van der Waals surface area contributed by atoms with Crippen molar-refractivity contribution in [2.75, 3.05) is 6.61 Å². The first-order valence-electron chi connectivity index (χ1n) is 5.48. The lowest BCUT2D eigenvalue weighted by atomic mass is 9.86. The molecule has 0 radical (unpaired) electrons. The number of alkyl halides is 1. The van der Waals surface area contributed by atoms with E-state index in [2.05, 4.69) is 15.9 Å². The Balaban J connectivity index is 1.93. The van der Waals surface area contributed by atoms with E-state index in [1.807, 2.05) is 6.92 Å². The van der Waals surface area contributed by atoms with E-state index in [0.29, 0.717) is 18.9 Å². The van der Waals surface area contributed by atoms with Crippen molar-refractivity contribution in [1.29, 1.82) is 0 Å². The summed E-state index contributed by atoms with van der Waals surface area (Å²) in [4.78, 5) is 11.4. The molecule has 2 saturated carbocycles. The van der Waals surface area contributed by atoms with Crippen molar-refractivity contribution >= 4 is 21.9 Å². The van der Waals surface area contributed by atoms with Crippen molar-refractivity contribution in [3.05, 3.63) is 0 Å². The molecule has 80 valence electrons. The molecule has 0 spiro atoms. The molecule has 2 aliphatic rings. The summed E-state index contributed by atoms with van der Waals surface area (Å²) in [5, 5.41) is 0. The van der Waals surface area contributed by atoms with Crippen molar-refractivity contribution < 1.29 is 9.53 Å². The van der Waals surface area contributed by atoms with E-state index >= 15 is 0 Å². The predicted octanol–water partition coefficient (Wildman–Crippen LogP) is 2.89. The zero-order chi connectivity index (χ0) is 10.2. The van der Waals surface area contributed by atoms with Gasteiger partial charge in [-0.25, -0.2) is 0 Å². The molecular weight excluding hydrogens is 244 g/mol. The van der Waals surface area contributed by atoms with Gasteiger partial charge in [-0.3, -0.25) is 4.79 Å². The molecule has 2 bridgehead atoms. The molecule has 2 rings (SSSR count). The first-order chi connectivity index (χ1) is 6.64. The lowest BCUT2D eigenvalue weighted by molar-refractivity contribution is -0.144. The Morgan fingerprint density at radius 2 is 2.36 bits per heavy atom. The minimum absolute atomic E-state index is 0.0445. The highest BCUT2D eigenvalue weighted by atomic mass is 79.9. The van der Waals surface area contributed by atoms with Gasteiger partial charge in [0.05, 0.1) is 13.0 Å². The van der Waals surface area contributed by atoms with Crippen LogP contribution in [0.3, 0.4) is 0 Å². The van der Waals surface area contributed by atoms with E-state index in [-0.39, 0.29) is 10.3 Å². The van der Waals surface area contributed by atoms with Crippen molar-refractivity contribution in [3.63, 3.8) is 0 Å². The number of ether oxygens (including phenoxy) is 1. The second-order valence-corrected chi connectivity index (χ2v) is 6.18. The first-order valence-corrected chi connectivity index (χ1v) is 6.28.